The van der Waals surface area contributed by atoms with Gasteiger partial charge in [0.05, 0.1) is 0 Å². The van der Waals surface area contributed by atoms with Gasteiger partial charge in [-0.05, 0) is 13.0 Å². The van der Waals surface area contributed by atoms with Crippen LogP contribution in [-0.2, 0) is 0 Å². The van der Waals surface area contributed by atoms with E-state index in [0.717, 1.165) is 19.5 Å². The highest BCUT2D eigenvalue weighted by Crippen LogP contribution is 2.10. The van der Waals surface area contributed by atoms with Crippen LogP contribution in [0.15, 0.2) is 0 Å². The van der Waals surface area contributed by atoms with Gasteiger partial charge in [-0.15, -0.1) is 0 Å². The summed E-state index contributed by atoms with van der Waals surface area (Å²) in [6.07, 6.45) is 0.198. The minimum absolute atomic E-state index is 0.546. The Morgan fingerprint density at radius 3 is 2.75 bits per heavy atom. The van der Waals surface area contributed by atoms with Crippen molar-refractivity contribution in [3.63, 3.8) is 0 Å². The van der Waals surface area contributed by atoms with Crippen molar-refractivity contribution in [3.8, 4) is 0 Å². The average Bonchev–Trinajstić information content (AvgIpc) is 2.14. The van der Waals surface area contributed by atoms with Gasteiger partial charge in [-0.3, -0.25) is 0 Å². The summed E-state index contributed by atoms with van der Waals surface area (Å²) in [5.74, 6) is 0. The van der Waals surface area contributed by atoms with Crippen LogP contribution in [0.4, 0.5) is 4.39 Å². The fraction of sp³-hybridized carbons (Fsp3) is 1.00. The Balaban J connectivity index is 2.22. The summed E-state index contributed by atoms with van der Waals surface area (Å²) in [5.41, 5.74) is 0. The van der Waals surface area contributed by atoms with Gasteiger partial charge in [0.25, 0.3) is 0 Å². The molecule has 0 bridgehead atoms. The van der Waals surface area contributed by atoms with Crippen molar-refractivity contribution in [2.45, 2.75) is 19.5 Å². The number of nitrogens with zero attached hydrogens (tertiary/aromatic N) is 1. The van der Waals surface area contributed by atoms with Crippen LogP contribution in [0.5, 0.6) is 0 Å². The number of likely N-dealkylation sites (tertiary alicyclic amines) is 1. The van der Waals surface area contributed by atoms with E-state index in [4.69, 9.17) is 0 Å². The van der Waals surface area contributed by atoms with E-state index in [1.165, 1.54) is 0 Å². The third-order valence-corrected chi connectivity index (χ3v) is 1.66. The minimum Gasteiger partial charge on any atom is -0.301 e. The molecule has 0 spiro atoms. The first-order valence-corrected chi connectivity index (χ1v) is 3.19. The quantitative estimate of drug-likeness (QED) is 0.496. The molecule has 2 heteroatoms. The van der Waals surface area contributed by atoms with Gasteiger partial charge >= 0.3 is 0 Å². The lowest BCUT2D eigenvalue weighted by Crippen LogP contribution is -2.19. The molecule has 1 nitrogen and oxygen atoms in total. The van der Waals surface area contributed by atoms with Gasteiger partial charge in [0, 0.05) is 13.1 Å². The molecule has 0 unspecified atom stereocenters. The average molecular weight is 117 g/mol. The molecule has 0 aromatic carbocycles. The molecule has 1 aliphatic rings. The van der Waals surface area contributed by atoms with E-state index in [-0.39, 0.29) is 0 Å². The third-order valence-electron chi connectivity index (χ3n) is 1.66. The van der Waals surface area contributed by atoms with Gasteiger partial charge in [0.15, 0.2) is 0 Å². The maximum Gasteiger partial charge on any atom is 0.114 e. The molecule has 1 atom stereocenters. The molecule has 48 valence electrons. The van der Waals surface area contributed by atoms with Gasteiger partial charge in [-0.25, -0.2) is 4.39 Å². The van der Waals surface area contributed by atoms with Gasteiger partial charge in [-0.2, -0.15) is 0 Å². The number of hydrogen-bond donors (Lipinski definition) is 0. The van der Waals surface area contributed by atoms with Crippen LogP contribution in [-0.4, -0.2) is 30.7 Å². The highest BCUT2D eigenvalue weighted by Gasteiger charge is 2.19. The van der Waals surface area contributed by atoms with E-state index >= 15 is 0 Å². The summed E-state index contributed by atoms with van der Waals surface area (Å²) >= 11 is 0. The Morgan fingerprint density at radius 2 is 2.50 bits per heavy atom. The van der Waals surface area contributed by atoms with Crippen LogP contribution in [0.1, 0.15) is 13.3 Å². The standard InChI is InChI=1S/C6H12FN/c1-2-8-4-3-6(7)5-8/h6H,2-5H2,1H3/t6-/m0/s1. The fourth-order valence-corrected chi connectivity index (χ4v) is 1.07. The van der Waals surface area contributed by atoms with Crippen molar-refractivity contribution in [2.24, 2.45) is 0 Å². The lowest BCUT2D eigenvalue weighted by molar-refractivity contribution is 0.298. The molecule has 0 radical (unpaired) electrons. The summed E-state index contributed by atoms with van der Waals surface area (Å²) in [4.78, 5) is 2.13. The van der Waals surface area contributed by atoms with Crippen LogP contribution >= 0.6 is 0 Å². The van der Waals surface area contributed by atoms with E-state index in [9.17, 15) is 4.39 Å². The Kier molecular flexibility index (Phi) is 1.84. The number of hydrogen-bond acceptors (Lipinski definition) is 1. The van der Waals surface area contributed by atoms with Crippen LogP contribution in [0.25, 0.3) is 0 Å². The van der Waals surface area contributed by atoms with E-state index in [1.54, 1.807) is 0 Å². The largest absolute Gasteiger partial charge is 0.301 e. The third kappa shape index (κ3) is 1.19. The zero-order valence-corrected chi connectivity index (χ0v) is 5.23. The molecule has 1 rings (SSSR count). The predicted octanol–water partition coefficient (Wildman–Crippen LogP) is 1.05. The van der Waals surface area contributed by atoms with Gasteiger partial charge in [-0.1, -0.05) is 6.92 Å². The lowest BCUT2D eigenvalue weighted by Gasteiger charge is -2.08. The monoisotopic (exact) mass is 117 g/mol. The van der Waals surface area contributed by atoms with Crippen LogP contribution in [0, 0.1) is 0 Å². The molecule has 1 fully saturated rings. The molecular formula is C6H12FN. The summed E-state index contributed by atoms with van der Waals surface area (Å²) in [7, 11) is 0. The second-order valence-corrected chi connectivity index (χ2v) is 2.28. The maximum atomic E-state index is 12.3. The van der Waals surface area contributed by atoms with Crippen molar-refractivity contribution in [3.05, 3.63) is 0 Å². The van der Waals surface area contributed by atoms with Crippen molar-refractivity contribution in [2.75, 3.05) is 19.6 Å². The van der Waals surface area contributed by atoms with Crippen molar-refractivity contribution < 1.29 is 4.39 Å². The van der Waals surface area contributed by atoms with Crippen molar-refractivity contribution >= 4 is 0 Å². The van der Waals surface area contributed by atoms with Crippen molar-refractivity contribution in [1.82, 2.24) is 4.90 Å². The second-order valence-electron chi connectivity index (χ2n) is 2.28. The van der Waals surface area contributed by atoms with Gasteiger partial charge in [0.2, 0.25) is 0 Å². The second kappa shape index (κ2) is 2.44. The Hall–Kier alpha value is -0.110. The summed E-state index contributed by atoms with van der Waals surface area (Å²) in [5, 5.41) is 0. The van der Waals surface area contributed by atoms with E-state index in [2.05, 4.69) is 11.8 Å². The molecule has 0 aliphatic carbocycles. The molecule has 0 aromatic rings. The molecule has 1 heterocycles. The highest BCUT2D eigenvalue weighted by molar-refractivity contribution is 4.72. The van der Waals surface area contributed by atoms with Crippen LogP contribution in [0.3, 0.4) is 0 Å². The van der Waals surface area contributed by atoms with E-state index in [1.807, 2.05) is 0 Å². The highest BCUT2D eigenvalue weighted by atomic mass is 19.1. The van der Waals surface area contributed by atoms with E-state index < -0.39 is 6.17 Å². The van der Waals surface area contributed by atoms with Gasteiger partial charge in [0.1, 0.15) is 6.17 Å². The van der Waals surface area contributed by atoms with E-state index in [0.29, 0.717) is 6.54 Å². The molecule has 1 saturated heterocycles. The number of halogens is 1. The minimum atomic E-state index is -0.546. The first-order valence-electron chi connectivity index (χ1n) is 3.19. The van der Waals surface area contributed by atoms with Crippen LogP contribution in [0.2, 0.25) is 0 Å². The first-order chi connectivity index (χ1) is 3.83. The normalized spacial score (nSPS) is 31.5. The Bertz CT molecular complexity index is 74.9. The summed E-state index contributed by atoms with van der Waals surface area (Å²) < 4.78 is 12.3. The first kappa shape index (κ1) is 6.02. The molecule has 0 amide bonds. The summed E-state index contributed by atoms with van der Waals surface area (Å²) in [6, 6.07) is 0. The maximum absolute atomic E-state index is 12.3. The number of rotatable bonds is 1. The predicted molar refractivity (Wildman–Crippen MR) is 31.6 cm³/mol. The smallest absolute Gasteiger partial charge is 0.114 e. The van der Waals surface area contributed by atoms with Gasteiger partial charge < -0.3 is 4.90 Å². The number of alkyl halides is 1. The molecule has 8 heavy (non-hydrogen) atoms. The SMILES string of the molecule is CCN1CC[C@H](F)C1. The summed E-state index contributed by atoms with van der Waals surface area (Å²) in [6.45, 7) is 4.69. The van der Waals surface area contributed by atoms with Crippen molar-refractivity contribution in [1.29, 1.82) is 0 Å². The lowest BCUT2D eigenvalue weighted by atomic mass is 10.3. The van der Waals surface area contributed by atoms with Crippen LogP contribution < -0.4 is 0 Å². The zero-order chi connectivity index (χ0) is 5.98. The molecular weight excluding hydrogens is 105 g/mol. The fourth-order valence-electron chi connectivity index (χ4n) is 1.07. The zero-order valence-electron chi connectivity index (χ0n) is 5.23. The molecule has 1 aliphatic heterocycles. The topological polar surface area (TPSA) is 3.24 Å². The molecule has 0 saturated carbocycles. The molecule has 0 aromatic heterocycles. The Morgan fingerprint density at radius 1 is 1.75 bits per heavy atom. The Labute approximate surface area is 49.5 Å². The molecule has 0 N–H and O–H groups in total.